The largest absolute Gasteiger partial charge is 0.135 e. The van der Waals surface area contributed by atoms with Gasteiger partial charge in [-0.3, -0.25) is 0 Å². The van der Waals surface area contributed by atoms with E-state index in [0.717, 1.165) is 0 Å². The molecule has 0 spiro atoms. The monoisotopic (exact) mass is 638 g/mol. The second-order valence-electron chi connectivity index (χ2n) is 12.8. The fourth-order valence-corrected chi connectivity index (χ4v) is 8.91. The number of rotatable bonds is 4. The third-order valence-corrected chi connectivity index (χ3v) is 11.2. The summed E-state index contributed by atoms with van der Waals surface area (Å²) in [7, 11) is 0. The maximum atomic E-state index is 2.39. The van der Waals surface area contributed by atoms with Crippen LogP contribution in [0.25, 0.3) is 97.0 Å². The van der Waals surface area contributed by atoms with Gasteiger partial charge in [-0.25, -0.2) is 0 Å². The second kappa shape index (κ2) is 11.3. The predicted octanol–water partition coefficient (Wildman–Crippen LogP) is 14.2. The molecule has 1 heteroatoms. The maximum absolute atomic E-state index is 2.39. The first-order valence-corrected chi connectivity index (χ1v) is 17.7. The molecule has 1 heterocycles. The average Bonchev–Trinajstić information content (AvgIpc) is 3.53. The third-order valence-electron chi connectivity index (χ3n) is 10.0. The summed E-state index contributed by atoms with van der Waals surface area (Å²) in [5.41, 5.74) is 9.99. The van der Waals surface area contributed by atoms with Gasteiger partial charge < -0.3 is 0 Å². The van der Waals surface area contributed by atoms with Crippen LogP contribution in [0.3, 0.4) is 0 Å². The highest BCUT2D eigenvalue weighted by Crippen LogP contribution is 2.46. The van der Waals surface area contributed by atoms with E-state index in [1.54, 1.807) is 0 Å². The van der Waals surface area contributed by atoms with E-state index in [-0.39, 0.29) is 0 Å². The molecule has 0 aliphatic carbocycles. The zero-order chi connectivity index (χ0) is 32.3. The van der Waals surface area contributed by atoms with Gasteiger partial charge in [0.15, 0.2) is 0 Å². The van der Waals surface area contributed by atoms with Crippen LogP contribution < -0.4 is 0 Å². The summed E-state index contributed by atoms with van der Waals surface area (Å²) in [4.78, 5) is 0. The molecule has 10 rings (SSSR count). The normalized spacial score (nSPS) is 11.7. The maximum Gasteiger partial charge on any atom is 0.0361 e. The lowest BCUT2D eigenvalue weighted by Gasteiger charge is -2.20. The summed E-state index contributed by atoms with van der Waals surface area (Å²) in [6.07, 6.45) is 0. The van der Waals surface area contributed by atoms with Gasteiger partial charge >= 0.3 is 0 Å². The molecule has 0 bridgehead atoms. The molecule has 49 heavy (non-hydrogen) atoms. The minimum absolute atomic E-state index is 1.23. The fourth-order valence-electron chi connectivity index (χ4n) is 7.80. The van der Waals surface area contributed by atoms with Crippen molar-refractivity contribution in [2.24, 2.45) is 0 Å². The van der Waals surface area contributed by atoms with Crippen molar-refractivity contribution in [3.05, 3.63) is 182 Å². The van der Waals surface area contributed by atoms with E-state index in [9.17, 15) is 0 Å². The van der Waals surface area contributed by atoms with Crippen LogP contribution in [-0.2, 0) is 0 Å². The highest BCUT2D eigenvalue weighted by molar-refractivity contribution is 7.25. The molecule has 228 valence electrons. The Morgan fingerprint density at radius 1 is 0.265 bits per heavy atom. The lowest BCUT2D eigenvalue weighted by atomic mass is 9.83. The van der Waals surface area contributed by atoms with Gasteiger partial charge in [-0.2, -0.15) is 0 Å². The van der Waals surface area contributed by atoms with Crippen LogP contribution in [0, 0.1) is 0 Å². The summed E-state index contributed by atoms with van der Waals surface area (Å²) in [6, 6.07) is 67.0. The lowest BCUT2D eigenvalue weighted by Crippen LogP contribution is -1.92. The van der Waals surface area contributed by atoms with E-state index < -0.39 is 0 Å². The Balaban J connectivity index is 1.18. The van der Waals surface area contributed by atoms with Gasteiger partial charge in [-0.05, 0) is 107 Å². The van der Waals surface area contributed by atoms with Gasteiger partial charge in [0.25, 0.3) is 0 Å². The molecular formula is C48H30S. The van der Waals surface area contributed by atoms with Gasteiger partial charge in [-0.1, -0.05) is 152 Å². The molecule has 0 nitrogen and oxygen atoms in total. The molecule has 0 aliphatic heterocycles. The van der Waals surface area contributed by atoms with Crippen molar-refractivity contribution in [1.29, 1.82) is 0 Å². The van der Waals surface area contributed by atoms with Gasteiger partial charge in [0.05, 0.1) is 0 Å². The van der Waals surface area contributed by atoms with Crippen molar-refractivity contribution in [2.75, 3.05) is 0 Å². The molecule has 0 aliphatic rings. The second-order valence-corrected chi connectivity index (χ2v) is 13.9. The molecule has 0 unspecified atom stereocenters. The summed E-state index contributed by atoms with van der Waals surface area (Å²) < 4.78 is 2.67. The zero-order valence-corrected chi connectivity index (χ0v) is 27.5. The zero-order valence-electron chi connectivity index (χ0n) is 26.7. The van der Waals surface area contributed by atoms with Crippen molar-refractivity contribution >= 4 is 63.8 Å². The summed E-state index contributed by atoms with van der Waals surface area (Å²) in [6.45, 7) is 0. The third kappa shape index (κ3) is 4.58. The number of thiophene rings is 1. The van der Waals surface area contributed by atoms with E-state index in [1.165, 1.54) is 97.0 Å². The molecule has 9 aromatic carbocycles. The molecule has 0 saturated heterocycles. The molecule has 0 radical (unpaired) electrons. The Hall–Kier alpha value is -6.02. The fraction of sp³-hybridized carbons (Fsp3) is 0. The molecule has 10 aromatic rings. The van der Waals surface area contributed by atoms with Crippen LogP contribution in [0.4, 0.5) is 0 Å². The molecule has 0 amide bonds. The average molecular weight is 639 g/mol. The van der Waals surface area contributed by atoms with E-state index in [2.05, 4.69) is 182 Å². The van der Waals surface area contributed by atoms with Crippen molar-refractivity contribution in [3.8, 4) is 44.5 Å². The number of hydrogen-bond donors (Lipinski definition) is 0. The van der Waals surface area contributed by atoms with Crippen LogP contribution in [0.15, 0.2) is 182 Å². The van der Waals surface area contributed by atoms with E-state index in [0.29, 0.717) is 0 Å². The first-order valence-electron chi connectivity index (χ1n) is 16.8. The molecule has 0 N–H and O–H groups in total. The Morgan fingerprint density at radius 2 is 0.796 bits per heavy atom. The lowest BCUT2D eigenvalue weighted by molar-refractivity contribution is 1.60. The van der Waals surface area contributed by atoms with Gasteiger partial charge in [-0.15, -0.1) is 11.3 Å². The minimum atomic E-state index is 1.23. The van der Waals surface area contributed by atoms with Crippen LogP contribution in [0.1, 0.15) is 0 Å². The first-order chi connectivity index (χ1) is 24.3. The summed E-state index contributed by atoms with van der Waals surface area (Å²) in [5.74, 6) is 0. The standard InChI is InChI=1S/C48H30S/c1-2-13-31(14-3-1)37-19-6-7-20-38(37)48-41-23-10-8-21-39(41)47(40-22-9-11-24-42(40)48)36-18-12-17-32(27-36)35-25-26-45-43(29-35)44-28-33-15-4-5-16-34(33)30-46(44)49-45/h1-30H. The minimum Gasteiger partial charge on any atom is -0.135 e. The topological polar surface area (TPSA) is 0 Å². The van der Waals surface area contributed by atoms with Crippen molar-refractivity contribution in [2.45, 2.75) is 0 Å². The molecule has 0 atom stereocenters. The van der Waals surface area contributed by atoms with E-state index in [1.807, 2.05) is 11.3 Å². The quantitative estimate of drug-likeness (QED) is 0.168. The molecule has 0 saturated carbocycles. The number of fused-ring (bicyclic) bond motifs is 6. The predicted molar refractivity (Wildman–Crippen MR) is 214 cm³/mol. The van der Waals surface area contributed by atoms with Crippen LogP contribution >= 0.6 is 11.3 Å². The van der Waals surface area contributed by atoms with E-state index >= 15 is 0 Å². The molecular weight excluding hydrogens is 609 g/mol. The smallest absolute Gasteiger partial charge is 0.0361 e. The van der Waals surface area contributed by atoms with Gasteiger partial charge in [0, 0.05) is 20.2 Å². The van der Waals surface area contributed by atoms with Gasteiger partial charge in [0.2, 0.25) is 0 Å². The SMILES string of the molecule is c1ccc(-c2ccccc2-c2c3ccccc3c(-c3cccc(-c4ccc5sc6cc7ccccc7cc6c5c4)c3)c3ccccc23)cc1. The Labute approximate surface area is 289 Å². The Kier molecular flexibility index (Phi) is 6.47. The van der Waals surface area contributed by atoms with Crippen molar-refractivity contribution in [3.63, 3.8) is 0 Å². The number of benzene rings is 9. The molecule has 1 aromatic heterocycles. The van der Waals surface area contributed by atoms with Gasteiger partial charge in [0.1, 0.15) is 0 Å². The molecule has 0 fully saturated rings. The van der Waals surface area contributed by atoms with Crippen molar-refractivity contribution in [1.82, 2.24) is 0 Å². The summed E-state index contributed by atoms with van der Waals surface area (Å²) in [5, 5.41) is 10.3. The van der Waals surface area contributed by atoms with Crippen LogP contribution in [0.5, 0.6) is 0 Å². The highest BCUT2D eigenvalue weighted by Gasteiger charge is 2.19. The van der Waals surface area contributed by atoms with Crippen molar-refractivity contribution < 1.29 is 0 Å². The Morgan fingerprint density at radius 3 is 1.53 bits per heavy atom. The van der Waals surface area contributed by atoms with E-state index in [4.69, 9.17) is 0 Å². The highest BCUT2D eigenvalue weighted by atomic mass is 32.1. The summed E-state index contributed by atoms with van der Waals surface area (Å²) >= 11 is 1.88. The first kappa shape index (κ1) is 28.0. The number of hydrogen-bond acceptors (Lipinski definition) is 1. The van der Waals surface area contributed by atoms with Crippen LogP contribution in [0.2, 0.25) is 0 Å². The van der Waals surface area contributed by atoms with Crippen LogP contribution in [-0.4, -0.2) is 0 Å². The Bertz CT molecular complexity index is 2820.